The number of pyridine rings is 1. The van der Waals surface area contributed by atoms with Gasteiger partial charge in [0, 0.05) is 37.0 Å². The van der Waals surface area contributed by atoms with Crippen LogP contribution < -0.4 is 10.1 Å². The van der Waals surface area contributed by atoms with E-state index in [1.165, 1.54) is 0 Å². The number of amides is 2. The van der Waals surface area contributed by atoms with Crippen LogP contribution in [0.1, 0.15) is 42.1 Å². The number of hydrogen-bond donors (Lipinski definition) is 1. The number of likely N-dealkylation sites (tertiary alicyclic amines) is 1. The molecule has 1 aliphatic heterocycles. The topological polar surface area (TPSA) is 71.5 Å². The molecule has 0 bridgehead atoms. The fourth-order valence-electron chi connectivity index (χ4n) is 3.40. The van der Waals surface area contributed by atoms with Crippen LogP contribution in [0.5, 0.6) is 5.88 Å². The number of rotatable bonds is 7. The zero-order valence-electron chi connectivity index (χ0n) is 16.9. The Hall–Kier alpha value is -2.31. The lowest BCUT2D eigenvalue weighted by atomic mass is 9.96. The molecular weight excluding hydrogens is 425 g/mol. The van der Waals surface area contributed by atoms with Crippen molar-refractivity contribution in [2.75, 3.05) is 19.7 Å². The third-order valence-electron chi connectivity index (χ3n) is 4.99. The van der Waals surface area contributed by atoms with Crippen LogP contribution in [0.4, 0.5) is 0 Å². The van der Waals surface area contributed by atoms with Gasteiger partial charge >= 0.3 is 0 Å². The van der Waals surface area contributed by atoms with E-state index in [1.54, 1.807) is 29.3 Å². The molecule has 8 heteroatoms. The molecule has 1 aromatic heterocycles. The first-order valence-electron chi connectivity index (χ1n) is 10.1. The number of nitrogens with one attached hydrogen (secondary N) is 1. The van der Waals surface area contributed by atoms with Gasteiger partial charge in [-0.2, -0.15) is 0 Å². The van der Waals surface area contributed by atoms with Crippen LogP contribution in [0.15, 0.2) is 36.5 Å². The lowest BCUT2D eigenvalue weighted by Crippen LogP contribution is -2.45. The van der Waals surface area contributed by atoms with Gasteiger partial charge in [-0.25, -0.2) is 4.98 Å². The molecule has 2 amide bonds. The van der Waals surface area contributed by atoms with Crippen LogP contribution in [0.2, 0.25) is 10.0 Å². The average Bonchev–Trinajstić information content (AvgIpc) is 2.78. The lowest BCUT2D eigenvalue weighted by Gasteiger charge is -2.32. The molecule has 1 unspecified atom stereocenters. The fourth-order valence-corrected chi connectivity index (χ4v) is 3.70. The summed E-state index contributed by atoms with van der Waals surface area (Å²) in [5.74, 6) is 0.0578. The Morgan fingerprint density at radius 3 is 2.87 bits per heavy atom. The van der Waals surface area contributed by atoms with Gasteiger partial charge in [-0.1, -0.05) is 36.2 Å². The van der Waals surface area contributed by atoms with E-state index in [0.29, 0.717) is 47.7 Å². The third-order valence-corrected chi connectivity index (χ3v) is 5.73. The first-order valence-corrected chi connectivity index (χ1v) is 10.8. The van der Waals surface area contributed by atoms with Crippen molar-refractivity contribution in [3.05, 3.63) is 57.7 Å². The summed E-state index contributed by atoms with van der Waals surface area (Å²) in [5.41, 5.74) is 1.30. The van der Waals surface area contributed by atoms with Gasteiger partial charge in [0.1, 0.15) is 0 Å². The van der Waals surface area contributed by atoms with Crippen LogP contribution >= 0.6 is 23.2 Å². The maximum atomic E-state index is 12.8. The zero-order chi connectivity index (χ0) is 21.5. The summed E-state index contributed by atoms with van der Waals surface area (Å²) in [6.45, 7) is 3.92. The molecule has 1 aromatic carbocycles. The highest BCUT2D eigenvalue weighted by Crippen LogP contribution is 2.25. The second-order valence-corrected chi connectivity index (χ2v) is 8.07. The molecule has 1 atom stereocenters. The predicted molar refractivity (Wildman–Crippen MR) is 117 cm³/mol. The van der Waals surface area contributed by atoms with E-state index in [0.717, 1.165) is 24.8 Å². The minimum atomic E-state index is -0.262. The van der Waals surface area contributed by atoms with Crippen molar-refractivity contribution in [2.45, 2.75) is 32.7 Å². The van der Waals surface area contributed by atoms with Crippen molar-refractivity contribution in [3.63, 3.8) is 0 Å². The van der Waals surface area contributed by atoms with Crippen LogP contribution in [0, 0.1) is 5.92 Å². The number of ether oxygens (including phenoxy) is 1. The summed E-state index contributed by atoms with van der Waals surface area (Å²) in [4.78, 5) is 31.5. The molecule has 0 radical (unpaired) electrons. The van der Waals surface area contributed by atoms with E-state index in [1.807, 2.05) is 19.1 Å². The van der Waals surface area contributed by atoms with E-state index in [2.05, 4.69) is 10.3 Å². The SMILES string of the molecule is CCCOc1ncccc1CNC(=O)C1CCCN(C(=O)c2ccc(Cl)c(Cl)c2)C1. The molecule has 0 saturated carbocycles. The average molecular weight is 450 g/mol. The number of piperidine rings is 1. The second kappa shape index (κ2) is 10.6. The van der Waals surface area contributed by atoms with Crippen molar-refractivity contribution in [2.24, 2.45) is 5.92 Å². The molecule has 0 aliphatic carbocycles. The number of halogens is 2. The van der Waals surface area contributed by atoms with Crippen molar-refractivity contribution in [1.82, 2.24) is 15.2 Å². The van der Waals surface area contributed by atoms with Gasteiger partial charge in [-0.15, -0.1) is 0 Å². The normalized spacial score (nSPS) is 16.2. The minimum Gasteiger partial charge on any atom is -0.477 e. The molecule has 3 rings (SSSR count). The number of benzene rings is 1. The van der Waals surface area contributed by atoms with Crippen molar-refractivity contribution < 1.29 is 14.3 Å². The Bertz CT molecular complexity index is 907. The number of carbonyl (C=O) groups excluding carboxylic acids is 2. The molecule has 0 spiro atoms. The Morgan fingerprint density at radius 2 is 2.10 bits per heavy atom. The first kappa shape index (κ1) is 22.4. The molecule has 1 aliphatic rings. The van der Waals surface area contributed by atoms with Crippen molar-refractivity contribution >= 4 is 35.0 Å². The van der Waals surface area contributed by atoms with Gasteiger partial charge in [-0.05, 0) is 43.5 Å². The van der Waals surface area contributed by atoms with Gasteiger partial charge < -0.3 is 15.0 Å². The fraction of sp³-hybridized carbons (Fsp3) is 0.409. The van der Waals surface area contributed by atoms with E-state index >= 15 is 0 Å². The standard InChI is InChI=1S/C22H25Cl2N3O3/c1-2-11-30-21-16(5-3-9-25-21)13-26-20(28)17-6-4-10-27(14-17)22(29)15-7-8-18(23)19(24)12-15/h3,5,7-9,12,17H,2,4,6,10-11,13-14H2,1H3,(H,26,28). The predicted octanol–water partition coefficient (Wildman–Crippen LogP) is 4.35. The van der Waals surface area contributed by atoms with Gasteiger partial charge in [0.2, 0.25) is 11.8 Å². The summed E-state index contributed by atoms with van der Waals surface area (Å²) < 4.78 is 5.64. The maximum absolute atomic E-state index is 12.8. The smallest absolute Gasteiger partial charge is 0.253 e. The molecule has 30 heavy (non-hydrogen) atoms. The number of hydrogen-bond acceptors (Lipinski definition) is 4. The number of carbonyl (C=O) groups is 2. The first-order chi connectivity index (χ1) is 14.5. The molecular formula is C22H25Cl2N3O3. The van der Waals surface area contributed by atoms with Crippen LogP contribution in [0.3, 0.4) is 0 Å². The van der Waals surface area contributed by atoms with E-state index in [9.17, 15) is 9.59 Å². The van der Waals surface area contributed by atoms with Crippen molar-refractivity contribution in [3.8, 4) is 5.88 Å². The molecule has 160 valence electrons. The lowest BCUT2D eigenvalue weighted by molar-refractivity contribution is -0.126. The summed E-state index contributed by atoms with van der Waals surface area (Å²) >= 11 is 12.0. The zero-order valence-corrected chi connectivity index (χ0v) is 18.4. The van der Waals surface area contributed by atoms with E-state index in [-0.39, 0.29) is 17.7 Å². The largest absolute Gasteiger partial charge is 0.477 e. The maximum Gasteiger partial charge on any atom is 0.253 e. The second-order valence-electron chi connectivity index (χ2n) is 7.25. The van der Waals surface area contributed by atoms with Gasteiger partial charge in [0.25, 0.3) is 5.91 Å². The van der Waals surface area contributed by atoms with Crippen LogP contribution in [-0.2, 0) is 11.3 Å². The van der Waals surface area contributed by atoms with E-state index < -0.39 is 0 Å². The Labute approximate surface area is 186 Å². The van der Waals surface area contributed by atoms with Crippen molar-refractivity contribution in [1.29, 1.82) is 0 Å². The number of aromatic nitrogens is 1. The van der Waals surface area contributed by atoms with E-state index in [4.69, 9.17) is 27.9 Å². The van der Waals surface area contributed by atoms with Crippen LogP contribution in [-0.4, -0.2) is 41.4 Å². The Balaban J connectivity index is 1.59. The molecule has 1 N–H and O–H groups in total. The Morgan fingerprint density at radius 1 is 1.27 bits per heavy atom. The summed E-state index contributed by atoms with van der Waals surface area (Å²) in [7, 11) is 0. The summed E-state index contributed by atoms with van der Waals surface area (Å²) in [5, 5.41) is 3.71. The highest BCUT2D eigenvalue weighted by Gasteiger charge is 2.29. The Kier molecular flexibility index (Phi) is 7.94. The molecule has 1 saturated heterocycles. The highest BCUT2D eigenvalue weighted by atomic mass is 35.5. The van der Waals surface area contributed by atoms with Gasteiger partial charge in [-0.3, -0.25) is 9.59 Å². The van der Waals surface area contributed by atoms with Crippen LogP contribution in [0.25, 0.3) is 0 Å². The molecule has 2 aromatic rings. The monoisotopic (exact) mass is 449 g/mol. The minimum absolute atomic E-state index is 0.0769. The quantitative estimate of drug-likeness (QED) is 0.681. The summed E-state index contributed by atoms with van der Waals surface area (Å²) in [6.07, 6.45) is 4.06. The van der Waals surface area contributed by atoms with Gasteiger partial charge in [0.15, 0.2) is 0 Å². The summed E-state index contributed by atoms with van der Waals surface area (Å²) in [6, 6.07) is 8.53. The third kappa shape index (κ3) is 5.64. The molecule has 6 nitrogen and oxygen atoms in total. The molecule has 2 heterocycles. The number of nitrogens with zero attached hydrogens (tertiary/aromatic N) is 2. The molecule has 1 fully saturated rings. The van der Waals surface area contributed by atoms with Gasteiger partial charge in [0.05, 0.1) is 22.6 Å². The highest BCUT2D eigenvalue weighted by molar-refractivity contribution is 6.42.